The fraction of sp³-hybridized carbons (Fsp3) is 0.0909. The maximum Gasteiger partial charge on any atom is 0.200 e. The maximum absolute atomic E-state index is 13.4. The number of para-hydroxylation sites is 1. The van der Waals surface area contributed by atoms with Gasteiger partial charge in [0.25, 0.3) is 0 Å². The van der Waals surface area contributed by atoms with E-state index in [9.17, 15) is 4.79 Å². The van der Waals surface area contributed by atoms with Gasteiger partial charge in [-0.2, -0.15) is 5.10 Å². The molecule has 0 aliphatic carbocycles. The number of aromatic nitrogens is 4. The Bertz CT molecular complexity index is 1410. The average molecular weight is 383 g/mol. The maximum atomic E-state index is 13.4. The van der Waals surface area contributed by atoms with Crippen molar-refractivity contribution < 1.29 is 4.42 Å². The molecule has 3 heterocycles. The van der Waals surface area contributed by atoms with Gasteiger partial charge in [0.05, 0.1) is 22.5 Å². The van der Waals surface area contributed by atoms with Crippen molar-refractivity contribution in [3.63, 3.8) is 0 Å². The molecule has 2 aromatic carbocycles. The van der Waals surface area contributed by atoms with E-state index in [0.29, 0.717) is 39.1 Å². The van der Waals surface area contributed by atoms with Crippen LogP contribution in [0.2, 0.25) is 0 Å². The summed E-state index contributed by atoms with van der Waals surface area (Å²) in [6, 6.07) is 16.4. The van der Waals surface area contributed by atoms with Gasteiger partial charge in [0, 0.05) is 0 Å². The summed E-state index contributed by atoms with van der Waals surface area (Å²) in [6.07, 6.45) is 3.03. The number of anilines is 1. The van der Waals surface area contributed by atoms with Crippen LogP contribution in [0.1, 0.15) is 18.7 Å². The topological polar surface area (TPSA) is 99.8 Å². The summed E-state index contributed by atoms with van der Waals surface area (Å²) in [5.41, 5.74) is 8.29. The van der Waals surface area contributed by atoms with Gasteiger partial charge in [0.2, 0.25) is 5.43 Å². The first kappa shape index (κ1) is 17.1. The summed E-state index contributed by atoms with van der Waals surface area (Å²) >= 11 is 0. The molecular weight excluding hydrogens is 366 g/mol. The highest BCUT2D eigenvalue weighted by atomic mass is 16.3. The molecule has 2 N–H and O–H groups in total. The number of rotatable bonds is 3. The van der Waals surface area contributed by atoms with E-state index in [1.807, 2.05) is 49.4 Å². The second-order valence-electron chi connectivity index (χ2n) is 6.79. The van der Waals surface area contributed by atoms with Crippen LogP contribution in [-0.2, 0) is 0 Å². The lowest BCUT2D eigenvalue weighted by Crippen LogP contribution is -2.16. The van der Waals surface area contributed by atoms with E-state index in [0.717, 1.165) is 5.56 Å². The number of hydrogen-bond donors (Lipinski definition) is 1. The average Bonchev–Trinajstić information content (AvgIpc) is 3.19. The Kier molecular flexibility index (Phi) is 3.87. The molecule has 1 atom stereocenters. The predicted molar refractivity (Wildman–Crippen MR) is 111 cm³/mol. The Hall–Kier alpha value is -4.00. The summed E-state index contributed by atoms with van der Waals surface area (Å²) in [5, 5.41) is 5.65. The van der Waals surface area contributed by atoms with Crippen LogP contribution in [0.4, 0.5) is 5.82 Å². The van der Waals surface area contributed by atoms with Crippen LogP contribution >= 0.6 is 0 Å². The highest BCUT2D eigenvalue weighted by Crippen LogP contribution is 2.32. The molecule has 0 aliphatic heterocycles. The van der Waals surface area contributed by atoms with Crippen LogP contribution in [-0.4, -0.2) is 19.7 Å². The molecule has 5 rings (SSSR count). The van der Waals surface area contributed by atoms with Gasteiger partial charge in [0.15, 0.2) is 5.65 Å². The first-order valence-electron chi connectivity index (χ1n) is 9.20. The van der Waals surface area contributed by atoms with E-state index < -0.39 is 6.04 Å². The minimum absolute atomic E-state index is 0.0782. The van der Waals surface area contributed by atoms with Crippen LogP contribution in [0.3, 0.4) is 0 Å². The zero-order valence-corrected chi connectivity index (χ0v) is 15.6. The molecule has 0 saturated carbocycles. The van der Waals surface area contributed by atoms with Crippen molar-refractivity contribution in [2.24, 2.45) is 0 Å². The third-order valence-electron chi connectivity index (χ3n) is 5.06. The summed E-state index contributed by atoms with van der Waals surface area (Å²) < 4.78 is 7.96. The zero-order chi connectivity index (χ0) is 20.0. The molecule has 7 heteroatoms. The van der Waals surface area contributed by atoms with Gasteiger partial charge in [-0.05, 0) is 24.6 Å². The van der Waals surface area contributed by atoms with Crippen LogP contribution in [0.15, 0.2) is 76.3 Å². The minimum Gasteiger partial charge on any atom is -0.458 e. The number of fused-ring (bicyclic) bond motifs is 2. The fourth-order valence-electron chi connectivity index (χ4n) is 3.61. The largest absolute Gasteiger partial charge is 0.458 e. The molecule has 29 heavy (non-hydrogen) atoms. The number of nitrogen functional groups attached to an aromatic ring is 1. The number of nitrogens with zero attached hydrogens (tertiary/aromatic N) is 4. The van der Waals surface area contributed by atoms with Crippen molar-refractivity contribution >= 4 is 27.8 Å². The number of benzene rings is 2. The highest BCUT2D eigenvalue weighted by molar-refractivity contribution is 5.85. The van der Waals surface area contributed by atoms with Gasteiger partial charge in [-0.1, -0.05) is 42.5 Å². The molecule has 1 unspecified atom stereocenters. The molecule has 7 nitrogen and oxygen atoms in total. The standard InChI is InChI=1S/C22H17N5O2/c1-13(27-22-16(11-26-27)21(23)24-12-25-22)20-18(14-7-3-2-4-8-14)19(28)15-9-5-6-10-17(15)29-20/h2-13H,1H3,(H2,23,24,25). The SMILES string of the molecule is CC(c1oc2ccccc2c(=O)c1-c1ccccc1)n1ncc2c(N)ncnc21. The van der Waals surface area contributed by atoms with Crippen LogP contribution in [0.5, 0.6) is 0 Å². The smallest absolute Gasteiger partial charge is 0.200 e. The van der Waals surface area contributed by atoms with Crippen molar-refractivity contribution in [2.45, 2.75) is 13.0 Å². The molecule has 0 amide bonds. The van der Waals surface area contributed by atoms with Crippen LogP contribution in [0, 0.1) is 0 Å². The van der Waals surface area contributed by atoms with E-state index >= 15 is 0 Å². The monoisotopic (exact) mass is 383 g/mol. The fourth-order valence-corrected chi connectivity index (χ4v) is 3.61. The van der Waals surface area contributed by atoms with E-state index in [1.165, 1.54) is 6.33 Å². The molecule has 3 aromatic heterocycles. The first-order valence-corrected chi connectivity index (χ1v) is 9.20. The Balaban J connectivity index is 1.81. The Morgan fingerprint density at radius 1 is 1.00 bits per heavy atom. The van der Waals surface area contributed by atoms with E-state index in [2.05, 4.69) is 15.1 Å². The summed E-state index contributed by atoms with van der Waals surface area (Å²) in [6.45, 7) is 1.92. The quantitative estimate of drug-likeness (QED) is 0.509. The highest BCUT2D eigenvalue weighted by Gasteiger charge is 2.24. The lowest BCUT2D eigenvalue weighted by molar-refractivity contribution is 0.445. The Morgan fingerprint density at radius 2 is 1.76 bits per heavy atom. The molecular formula is C22H17N5O2. The molecule has 0 fully saturated rings. The Morgan fingerprint density at radius 3 is 2.59 bits per heavy atom. The molecule has 0 aliphatic rings. The molecule has 0 radical (unpaired) electrons. The van der Waals surface area contributed by atoms with Crippen molar-refractivity contribution in [3.05, 3.63) is 83.1 Å². The third-order valence-corrected chi connectivity index (χ3v) is 5.06. The summed E-state index contributed by atoms with van der Waals surface area (Å²) in [7, 11) is 0. The molecule has 5 aromatic rings. The second-order valence-corrected chi connectivity index (χ2v) is 6.79. The number of hydrogen-bond acceptors (Lipinski definition) is 6. The Labute approximate surface area is 165 Å². The lowest BCUT2D eigenvalue weighted by Gasteiger charge is -2.17. The molecule has 0 spiro atoms. The lowest BCUT2D eigenvalue weighted by atomic mass is 9.99. The summed E-state index contributed by atoms with van der Waals surface area (Å²) in [4.78, 5) is 21.7. The number of nitrogens with two attached hydrogens (primary N) is 1. The normalized spacial score (nSPS) is 12.4. The molecule has 0 saturated heterocycles. The van der Waals surface area contributed by atoms with Crippen molar-refractivity contribution in [1.82, 2.24) is 19.7 Å². The van der Waals surface area contributed by atoms with Gasteiger partial charge in [0.1, 0.15) is 29.5 Å². The molecule has 142 valence electrons. The van der Waals surface area contributed by atoms with Gasteiger partial charge in [-0.25, -0.2) is 14.6 Å². The molecule has 0 bridgehead atoms. The van der Waals surface area contributed by atoms with Crippen molar-refractivity contribution in [2.75, 3.05) is 5.73 Å². The van der Waals surface area contributed by atoms with Crippen molar-refractivity contribution in [3.8, 4) is 11.1 Å². The van der Waals surface area contributed by atoms with Crippen molar-refractivity contribution in [1.29, 1.82) is 0 Å². The second kappa shape index (κ2) is 6.56. The van der Waals surface area contributed by atoms with Gasteiger partial charge in [-0.3, -0.25) is 4.79 Å². The van der Waals surface area contributed by atoms with E-state index in [1.54, 1.807) is 23.0 Å². The van der Waals surface area contributed by atoms with Gasteiger partial charge >= 0.3 is 0 Å². The van der Waals surface area contributed by atoms with Gasteiger partial charge < -0.3 is 10.2 Å². The zero-order valence-electron chi connectivity index (χ0n) is 15.6. The van der Waals surface area contributed by atoms with E-state index in [-0.39, 0.29) is 5.43 Å². The predicted octanol–water partition coefficient (Wildman–Crippen LogP) is 3.79. The van der Waals surface area contributed by atoms with E-state index in [4.69, 9.17) is 10.2 Å². The third kappa shape index (κ3) is 2.67. The van der Waals surface area contributed by atoms with Crippen LogP contribution < -0.4 is 11.2 Å². The first-order chi connectivity index (χ1) is 14.1. The van der Waals surface area contributed by atoms with Crippen LogP contribution in [0.25, 0.3) is 33.1 Å². The van der Waals surface area contributed by atoms with Gasteiger partial charge in [-0.15, -0.1) is 0 Å². The minimum atomic E-state index is -0.394. The summed E-state index contributed by atoms with van der Waals surface area (Å²) in [5.74, 6) is 0.874.